The molecule has 3 saturated heterocycles. The number of hydrogen-bond donors (Lipinski definition) is 1. The highest BCUT2D eigenvalue weighted by atomic mass is 16.5. The molecule has 0 saturated carbocycles. The molecule has 7 nitrogen and oxygen atoms in total. The smallest absolute Gasteiger partial charge is 0.255 e. The molecule has 206 valence electrons. The van der Waals surface area contributed by atoms with Crippen molar-refractivity contribution in [1.29, 1.82) is 0 Å². The molecule has 3 fully saturated rings. The van der Waals surface area contributed by atoms with Crippen LogP contribution in [-0.4, -0.2) is 64.8 Å². The van der Waals surface area contributed by atoms with Crippen molar-refractivity contribution in [2.75, 3.05) is 26.2 Å². The zero-order valence-corrected chi connectivity index (χ0v) is 22.9. The molecule has 0 aromatic heterocycles. The van der Waals surface area contributed by atoms with Gasteiger partial charge in [0, 0.05) is 29.4 Å². The van der Waals surface area contributed by atoms with Gasteiger partial charge in [-0.3, -0.25) is 14.5 Å². The summed E-state index contributed by atoms with van der Waals surface area (Å²) in [5.41, 5.74) is 4.65. The Labute approximate surface area is 231 Å². The lowest BCUT2D eigenvalue weighted by Gasteiger charge is -2.40. The highest BCUT2D eigenvalue weighted by molar-refractivity contribution is 6.02. The normalized spacial score (nSPS) is 23.1. The van der Waals surface area contributed by atoms with E-state index in [-0.39, 0.29) is 11.8 Å². The maximum Gasteiger partial charge on any atom is 0.255 e. The number of amides is 2. The number of benzene rings is 2. The van der Waals surface area contributed by atoms with E-state index in [0.29, 0.717) is 43.0 Å². The summed E-state index contributed by atoms with van der Waals surface area (Å²) in [6.07, 6.45) is 8.00. The predicted octanol–water partition coefficient (Wildman–Crippen LogP) is 4.46. The second kappa shape index (κ2) is 11.5. The van der Waals surface area contributed by atoms with Crippen LogP contribution >= 0.6 is 0 Å². The molecular weight excluding hydrogens is 488 g/mol. The first-order valence-electron chi connectivity index (χ1n) is 14.6. The molecule has 0 aliphatic carbocycles. The minimum Gasteiger partial charge on any atom is -0.489 e. The Morgan fingerprint density at radius 1 is 0.897 bits per heavy atom. The molecule has 0 bridgehead atoms. The molecule has 1 atom stereocenters. The molecule has 39 heavy (non-hydrogen) atoms. The van der Waals surface area contributed by atoms with E-state index >= 15 is 0 Å². The average molecular weight is 529 g/mol. The summed E-state index contributed by atoms with van der Waals surface area (Å²) in [7, 11) is 0. The van der Waals surface area contributed by atoms with E-state index in [2.05, 4.69) is 46.0 Å². The van der Waals surface area contributed by atoms with Crippen LogP contribution in [0.2, 0.25) is 0 Å². The molecule has 7 heteroatoms. The standard InChI is InChI=1S/C32H40N4O3/c1-23-8-13-29(31(37)33-23)36-21-28-27(32(36)38)6-5-7-30(28)39-22-25-11-9-24(10-12-25)20-34-18-14-26(15-19-34)35-16-3-2-4-17-35/h5-7,9-12,26,29H,1-4,8,13-22H2,(H,33,37). The van der Waals surface area contributed by atoms with Gasteiger partial charge in [-0.1, -0.05) is 43.3 Å². The van der Waals surface area contributed by atoms with Gasteiger partial charge in [-0.15, -0.1) is 0 Å². The highest BCUT2D eigenvalue weighted by Gasteiger charge is 2.39. The number of ether oxygens (including phenoxy) is 1. The van der Waals surface area contributed by atoms with Gasteiger partial charge in [-0.05, 0) is 88.0 Å². The first kappa shape index (κ1) is 26.1. The van der Waals surface area contributed by atoms with Gasteiger partial charge in [0.25, 0.3) is 5.91 Å². The number of nitrogens with zero attached hydrogens (tertiary/aromatic N) is 3. The van der Waals surface area contributed by atoms with E-state index in [0.717, 1.165) is 23.7 Å². The number of piperidine rings is 3. The molecule has 4 aliphatic heterocycles. The molecule has 1 unspecified atom stereocenters. The third-order valence-corrected chi connectivity index (χ3v) is 8.94. The van der Waals surface area contributed by atoms with E-state index in [1.807, 2.05) is 18.2 Å². The molecular formula is C32H40N4O3. The summed E-state index contributed by atoms with van der Waals surface area (Å²) in [6, 6.07) is 14.6. The lowest BCUT2D eigenvalue weighted by atomic mass is 9.99. The van der Waals surface area contributed by atoms with Gasteiger partial charge in [0.05, 0.1) is 6.54 Å². The predicted molar refractivity (Wildman–Crippen MR) is 151 cm³/mol. The number of carbonyl (C=O) groups is 2. The van der Waals surface area contributed by atoms with Crippen LogP contribution in [0.25, 0.3) is 0 Å². The van der Waals surface area contributed by atoms with Gasteiger partial charge in [0.15, 0.2) is 0 Å². The molecule has 2 amide bonds. The third-order valence-electron chi connectivity index (χ3n) is 8.94. The Kier molecular flexibility index (Phi) is 7.71. The van der Waals surface area contributed by atoms with E-state index < -0.39 is 6.04 Å². The first-order chi connectivity index (χ1) is 19.0. The lowest BCUT2D eigenvalue weighted by molar-refractivity contribution is -0.126. The van der Waals surface area contributed by atoms with Gasteiger partial charge in [0.2, 0.25) is 5.91 Å². The fourth-order valence-electron chi connectivity index (χ4n) is 6.66. The SMILES string of the molecule is C=C1CCC(N2Cc3c(OCc4ccc(CN5CCC(N6CCCCC6)CC5)cc4)cccc3C2=O)C(=O)N1. The topological polar surface area (TPSA) is 65.1 Å². The van der Waals surface area contributed by atoms with Crippen LogP contribution in [0.4, 0.5) is 0 Å². The number of fused-ring (bicyclic) bond motifs is 1. The van der Waals surface area contributed by atoms with Crippen LogP contribution < -0.4 is 10.1 Å². The van der Waals surface area contributed by atoms with Crippen LogP contribution in [0.5, 0.6) is 5.75 Å². The van der Waals surface area contributed by atoms with Crippen molar-refractivity contribution in [3.63, 3.8) is 0 Å². The largest absolute Gasteiger partial charge is 0.489 e. The summed E-state index contributed by atoms with van der Waals surface area (Å²) in [4.78, 5) is 32.6. The quantitative estimate of drug-likeness (QED) is 0.575. The Bertz CT molecular complexity index is 1210. The van der Waals surface area contributed by atoms with Crippen LogP contribution in [0.3, 0.4) is 0 Å². The molecule has 2 aromatic rings. The van der Waals surface area contributed by atoms with E-state index in [1.165, 1.54) is 63.8 Å². The number of nitrogens with one attached hydrogen (secondary N) is 1. The molecule has 2 aromatic carbocycles. The van der Waals surface area contributed by atoms with Crippen molar-refractivity contribution in [3.05, 3.63) is 77.0 Å². The van der Waals surface area contributed by atoms with E-state index in [9.17, 15) is 9.59 Å². The van der Waals surface area contributed by atoms with Crippen molar-refractivity contribution in [2.24, 2.45) is 0 Å². The Hall–Kier alpha value is -3.16. The summed E-state index contributed by atoms with van der Waals surface area (Å²) in [5.74, 6) is 0.457. The number of allylic oxidation sites excluding steroid dienone is 1. The fourth-order valence-corrected chi connectivity index (χ4v) is 6.66. The van der Waals surface area contributed by atoms with Crippen molar-refractivity contribution < 1.29 is 14.3 Å². The highest BCUT2D eigenvalue weighted by Crippen LogP contribution is 2.34. The molecule has 1 N–H and O–H groups in total. The Balaban J connectivity index is 1.02. The zero-order chi connectivity index (χ0) is 26.8. The first-order valence-corrected chi connectivity index (χ1v) is 14.6. The summed E-state index contributed by atoms with van der Waals surface area (Å²) in [5, 5.41) is 2.80. The monoisotopic (exact) mass is 528 g/mol. The lowest BCUT2D eigenvalue weighted by Crippen LogP contribution is -2.49. The Morgan fingerprint density at radius 3 is 2.38 bits per heavy atom. The van der Waals surface area contributed by atoms with Crippen molar-refractivity contribution >= 4 is 11.8 Å². The molecule has 6 rings (SSSR count). The van der Waals surface area contributed by atoms with Gasteiger partial charge < -0.3 is 19.9 Å². The van der Waals surface area contributed by atoms with Crippen LogP contribution in [0.1, 0.15) is 72.0 Å². The zero-order valence-electron chi connectivity index (χ0n) is 22.9. The molecule has 4 aliphatic rings. The van der Waals surface area contributed by atoms with Crippen LogP contribution in [0, 0.1) is 0 Å². The molecule has 0 radical (unpaired) electrons. The summed E-state index contributed by atoms with van der Waals surface area (Å²) < 4.78 is 6.21. The van der Waals surface area contributed by atoms with Gasteiger partial charge >= 0.3 is 0 Å². The van der Waals surface area contributed by atoms with E-state index in [1.54, 1.807) is 4.90 Å². The maximum atomic E-state index is 13.1. The Morgan fingerprint density at radius 2 is 1.64 bits per heavy atom. The van der Waals surface area contributed by atoms with Crippen molar-refractivity contribution in [3.8, 4) is 5.75 Å². The van der Waals surface area contributed by atoms with E-state index in [4.69, 9.17) is 4.74 Å². The number of carbonyl (C=O) groups excluding carboxylic acids is 2. The van der Waals surface area contributed by atoms with Crippen molar-refractivity contribution in [1.82, 2.24) is 20.0 Å². The molecule has 4 heterocycles. The van der Waals surface area contributed by atoms with Gasteiger partial charge in [-0.25, -0.2) is 0 Å². The summed E-state index contributed by atoms with van der Waals surface area (Å²) in [6.45, 7) is 10.6. The van der Waals surface area contributed by atoms with Crippen LogP contribution in [-0.2, 0) is 24.5 Å². The average Bonchev–Trinajstić information content (AvgIpc) is 3.30. The number of rotatable bonds is 7. The minimum atomic E-state index is -0.466. The number of hydrogen-bond acceptors (Lipinski definition) is 5. The second-order valence-corrected chi connectivity index (χ2v) is 11.6. The van der Waals surface area contributed by atoms with Gasteiger partial charge in [-0.2, -0.15) is 0 Å². The minimum absolute atomic E-state index is 0.104. The summed E-state index contributed by atoms with van der Waals surface area (Å²) >= 11 is 0. The van der Waals surface area contributed by atoms with Crippen molar-refractivity contribution in [2.45, 2.75) is 76.7 Å². The number of likely N-dealkylation sites (tertiary alicyclic amines) is 2. The third kappa shape index (κ3) is 5.75. The van der Waals surface area contributed by atoms with Gasteiger partial charge in [0.1, 0.15) is 18.4 Å². The second-order valence-electron chi connectivity index (χ2n) is 11.6. The maximum absolute atomic E-state index is 13.1. The fraction of sp³-hybridized carbons (Fsp3) is 0.500. The van der Waals surface area contributed by atoms with Crippen LogP contribution in [0.15, 0.2) is 54.7 Å². The molecule has 0 spiro atoms.